The summed E-state index contributed by atoms with van der Waals surface area (Å²) in [6, 6.07) is 5.52. The Hall–Kier alpha value is -2.09. The van der Waals surface area contributed by atoms with Crippen LogP contribution in [-0.4, -0.2) is 47.4 Å². The van der Waals surface area contributed by atoms with Gasteiger partial charge in [0.05, 0.1) is 30.1 Å². The summed E-state index contributed by atoms with van der Waals surface area (Å²) < 4.78 is 47.0. The molecule has 1 aliphatic rings. The van der Waals surface area contributed by atoms with Crippen LogP contribution in [0.5, 0.6) is 0 Å². The Balaban J connectivity index is 1.81. The second kappa shape index (κ2) is 7.65. The zero-order valence-corrected chi connectivity index (χ0v) is 14.5. The molecule has 3 rings (SSSR count). The minimum absolute atomic E-state index is 0.190. The maximum Gasteiger partial charge on any atom is 0.467 e. The van der Waals surface area contributed by atoms with Gasteiger partial charge in [-0.15, -0.1) is 0 Å². The minimum atomic E-state index is -4.45. The molecule has 2 aromatic rings. The molecule has 2 heterocycles. The van der Waals surface area contributed by atoms with Gasteiger partial charge in [0.25, 0.3) is 0 Å². The number of anilines is 1. The third-order valence-electron chi connectivity index (χ3n) is 3.80. The lowest BCUT2D eigenvalue weighted by atomic mass is 10.1. The molecular weight excluding hydrogens is 369 g/mol. The predicted octanol–water partition coefficient (Wildman–Crippen LogP) is 3.28. The molecule has 0 amide bonds. The van der Waals surface area contributed by atoms with Crippen LogP contribution in [-0.2, 0) is 8.92 Å². The fraction of sp³-hybridized carbons (Fsp3) is 0.438. The van der Waals surface area contributed by atoms with Gasteiger partial charge >= 0.3 is 5.51 Å². The van der Waals surface area contributed by atoms with Crippen LogP contribution >= 0.6 is 12.0 Å². The van der Waals surface area contributed by atoms with E-state index >= 15 is 0 Å². The van der Waals surface area contributed by atoms with Gasteiger partial charge in [-0.25, -0.2) is 0 Å². The Morgan fingerprint density at radius 2 is 2.04 bits per heavy atom. The molecule has 1 aromatic heterocycles. The first-order chi connectivity index (χ1) is 12.4. The molecule has 26 heavy (non-hydrogen) atoms. The molecule has 1 fully saturated rings. The standard InChI is InChI=1S/C16H15F3N4O2S/c1-10-7-23(8-12(25-10)9-24-26-16(17,18)19)13-3-2-11(6-20)14-15(13)22-5-4-21-14/h2-5,10,12H,7-9H2,1H3. The molecule has 138 valence electrons. The molecule has 0 aliphatic carbocycles. The molecule has 2 atom stereocenters. The average molecular weight is 384 g/mol. The summed E-state index contributed by atoms with van der Waals surface area (Å²) in [5.74, 6) is 0. The van der Waals surface area contributed by atoms with Crippen molar-refractivity contribution in [3.05, 3.63) is 30.1 Å². The first kappa shape index (κ1) is 18.7. The smallest absolute Gasteiger partial charge is 0.369 e. The highest BCUT2D eigenvalue weighted by Gasteiger charge is 2.32. The molecule has 1 saturated heterocycles. The van der Waals surface area contributed by atoms with Crippen molar-refractivity contribution in [2.75, 3.05) is 24.6 Å². The van der Waals surface area contributed by atoms with E-state index in [1.54, 1.807) is 12.1 Å². The lowest BCUT2D eigenvalue weighted by Crippen LogP contribution is -2.48. The van der Waals surface area contributed by atoms with Crippen LogP contribution in [0.25, 0.3) is 11.0 Å². The van der Waals surface area contributed by atoms with Gasteiger partial charge in [-0.1, -0.05) is 0 Å². The first-order valence-electron chi connectivity index (χ1n) is 7.79. The highest BCUT2D eigenvalue weighted by Crippen LogP contribution is 2.32. The molecule has 10 heteroatoms. The summed E-state index contributed by atoms with van der Waals surface area (Å²) >= 11 is -0.524. The summed E-state index contributed by atoms with van der Waals surface area (Å²) in [6.45, 7) is 2.54. The van der Waals surface area contributed by atoms with Gasteiger partial charge in [0.2, 0.25) is 0 Å². The van der Waals surface area contributed by atoms with Gasteiger partial charge in [-0.05, 0) is 19.1 Å². The minimum Gasteiger partial charge on any atom is -0.369 e. The molecule has 6 nitrogen and oxygen atoms in total. The molecule has 0 bridgehead atoms. The van der Waals surface area contributed by atoms with E-state index < -0.39 is 23.7 Å². The maximum atomic E-state index is 12.2. The molecule has 0 saturated carbocycles. The van der Waals surface area contributed by atoms with Crippen molar-refractivity contribution in [3.63, 3.8) is 0 Å². The van der Waals surface area contributed by atoms with Gasteiger partial charge in [0, 0.05) is 25.5 Å². The van der Waals surface area contributed by atoms with Crippen molar-refractivity contribution in [1.29, 1.82) is 5.26 Å². The van der Waals surface area contributed by atoms with Crippen LogP contribution in [0.1, 0.15) is 12.5 Å². The van der Waals surface area contributed by atoms with E-state index in [9.17, 15) is 18.4 Å². The highest BCUT2D eigenvalue weighted by atomic mass is 32.2. The maximum absolute atomic E-state index is 12.2. The van der Waals surface area contributed by atoms with Crippen LogP contribution in [0, 0.1) is 11.3 Å². The zero-order chi connectivity index (χ0) is 18.7. The number of hydrogen-bond acceptors (Lipinski definition) is 7. The summed E-state index contributed by atoms with van der Waals surface area (Å²) in [5, 5.41) is 9.22. The van der Waals surface area contributed by atoms with Gasteiger partial charge in [-0.3, -0.25) is 9.97 Å². The largest absolute Gasteiger partial charge is 0.467 e. The second-order valence-corrected chi connectivity index (χ2v) is 6.65. The lowest BCUT2D eigenvalue weighted by Gasteiger charge is -2.38. The van der Waals surface area contributed by atoms with Crippen LogP contribution in [0.2, 0.25) is 0 Å². The van der Waals surface area contributed by atoms with E-state index in [0.717, 1.165) is 5.69 Å². The number of hydrogen-bond donors (Lipinski definition) is 0. The predicted molar refractivity (Wildman–Crippen MR) is 90.4 cm³/mol. The fourth-order valence-electron chi connectivity index (χ4n) is 2.90. The topological polar surface area (TPSA) is 71.3 Å². The average Bonchev–Trinajstić information content (AvgIpc) is 2.59. The van der Waals surface area contributed by atoms with Crippen LogP contribution in [0.3, 0.4) is 0 Å². The van der Waals surface area contributed by atoms with Crippen LogP contribution in [0.15, 0.2) is 24.5 Å². The Morgan fingerprint density at radius 1 is 1.31 bits per heavy atom. The first-order valence-corrected chi connectivity index (χ1v) is 8.53. The van der Waals surface area contributed by atoms with Crippen molar-refractivity contribution in [2.24, 2.45) is 0 Å². The number of ether oxygens (including phenoxy) is 1. The summed E-state index contributed by atoms with van der Waals surface area (Å²) in [6.07, 6.45) is 2.34. The SMILES string of the molecule is CC1CN(c2ccc(C#N)c3nccnc23)CC(COSC(F)(F)F)O1. The summed E-state index contributed by atoms with van der Waals surface area (Å²) in [4.78, 5) is 10.5. The van der Waals surface area contributed by atoms with Crippen molar-refractivity contribution in [3.8, 4) is 6.07 Å². The number of rotatable bonds is 4. The van der Waals surface area contributed by atoms with Crippen molar-refractivity contribution in [1.82, 2.24) is 9.97 Å². The molecule has 0 N–H and O–H groups in total. The van der Waals surface area contributed by atoms with E-state index in [1.807, 2.05) is 11.8 Å². The fourth-order valence-corrected chi connectivity index (χ4v) is 3.25. The number of aromatic nitrogens is 2. The quantitative estimate of drug-likeness (QED) is 0.749. The Kier molecular flexibility index (Phi) is 5.50. The highest BCUT2D eigenvalue weighted by molar-refractivity contribution is 7.95. The van der Waals surface area contributed by atoms with Crippen LogP contribution in [0.4, 0.5) is 18.9 Å². The van der Waals surface area contributed by atoms with E-state index in [4.69, 9.17) is 4.74 Å². The normalized spacial score (nSPS) is 21.0. The summed E-state index contributed by atoms with van der Waals surface area (Å²) in [7, 11) is 0. The van der Waals surface area contributed by atoms with Crippen LogP contribution < -0.4 is 4.90 Å². The molecule has 1 aliphatic heterocycles. The van der Waals surface area contributed by atoms with Crippen molar-refractivity contribution < 1.29 is 22.1 Å². The molecule has 1 aromatic carbocycles. The van der Waals surface area contributed by atoms with Crippen molar-refractivity contribution >= 4 is 28.8 Å². The third-order valence-corrected chi connectivity index (χ3v) is 4.24. The van der Waals surface area contributed by atoms with E-state index in [0.29, 0.717) is 29.7 Å². The molecule has 0 spiro atoms. The van der Waals surface area contributed by atoms with E-state index in [-0.39, 0.29) is 12.7 Å². The molecular formula is C16H15F3N4O2S. The number of fused-ring (bicyclic) bond motifs is 1. The molecule has 0 radical (unpaired) electrons. The monoisotopic (exact) mass is 384 g/mol. The number of alkyl halides is 3. The number of morpholine rings is 1. The van der Waals surface area contributed by atoms with Gasteiger partial charge in [-0.2, -0.15) is 18.4 Å². The second-order valence-electron chi connectivity index (χ2n) is 5.78. The number of nitriles is 1. The number of benzene rings is 1. The Labute approximate surface area is 152 Å². The Morgan fingerprint density at radius 3 is 2.73 bits per heavy atom. The number of halogens is 3. The van der Waals surface area contributed by atoms with E-state index in [1.165, 1.54) is 12.4 Å². The van der Waals surface area contributed by atoms with Crippen molar-refractivity contribution in [2.45, 2.75) is 24.6 Å². The van der Waals surface area contributed by atoms with E-state index in [2.05, 4.69) is 20.2 Å². The zero-order valence-electron chi connectivity index (χ0n) is 13.7. The van der Waals surface area contributed by atoms with Gasteiger partial charge in [0.1, 0.15) is 29.1 Å². The third kappa shape index (κ3) is 4.35. The lowest BCUT2D eigenvalue weighted by molar-refractivity contribution is -0.0521. The summed E-state index contributed by atoms with van der Waals surface area (Å²) in [5.41, 5.74) is -2.20. The number of nitrogens with zero attached hydrogens (tertiary/aromatic N) is 4. The Bertz CT molecular complexity index is 827. The molecule has 2 unspecified atom stereocenters. The van der Waals surface area contributed by atoms with Gasteiger partial charge < -0.3 is 13.8 Å². The van der Waals surface area contributed by atoms with Gasteiger partial charge in [0.15, 0.2) is 0 Å².